The number of carbonyl (C=O) groups is 2. The van der Waals surface area contributed by atoms with E-state index in [1.165, 1.54) is 0 Å². The lowest BCUT2D eigenvalue weighted by Crippen LogP contribution is -2.43. The van der Waals surface area contributed by atoms with Crippen LogP contribution < -0.4 is 10.6 Å². The van der Waals surface area contributed by atoms with E-state index in [9.17, 15) is 14.0 Å². The molecule has 0 radical (unpaired) electrons. The summed E-state index contributed by atoms with van der Waals surface area (Å²) in [5, 5.41) is 6.52. The number of halogens is 1. The molecule has 3 aromatic rings. The highest BCUT2D eigenvalue weighted by Gasteiger charge is 2.29. The highest BCUT2D eigenvalue weighted by Crippen LogP contribution is 2.31. The van der Waals surface area contributed by atoms with Crippen LogP contribution in [0.25, 0.3) is 22.2 Å². The number of nitrogens with one attached hydrogen (secondary N) is 2. The molecule has 0 bridgehead atoms. The molecule has 180 valence electrons. The van der Waals surface area contributed by atoms with Gasteiger partial charge in [0.25, 0.3) is 0 Å². The van der Waals surface area contributed by atoms with Gasteiger partial charge in [-0.2, -0.15) is 0 Å². The van der Waals surface area contributed by atoms with E-state index in [1.807, 2.05) is 44.6 Å². The number of rotatable bonds is 4. The second-order valence-corrected chi connectivity index (χ2v) is 9.77. The van der Waals surface area contributed by atoms with E-state index < -0.39 is 17.5 Å². The molecule has 0 aromatic carbocycles. The number of amides is 2. The second-order valence-electron chi connectivity index (χ2n) is 9.77. The van der Waals surface area contributed by atoms with Gasteiger partial charge in [-0.15, -0.1) is 0 Å². The van der Waals surface area contributed by atoms with Crippen molar-refractivity contribution >= 4 is 28.9 Å². The molecule has 9 heteroatoms. The van der Waals surface area contributed by atoms with Gasteiger partial charge in [0.2, 0.25) is 5.91 Å². The van der Waals surface area contributed by atoms with Gasteiger partial charge in [0.15, 0.2) is 0 Å². The molecule has 1 aliphatic rings. The first kappa shape index (κ1) is 23.7. The smallest absolute Gasteiger partial charge is 0.407 e. The Labute approximate surface area is 197 Å². The predicted molar refractivity (Wildman–Crippen MR) is 128 cm³/mol. The highest BCUT2D eigenvalue weighted by molar-refractivity contribution is 5.95. The fourth-order valence-electron chi connectivity index (χ4n) is 4.37. The fraction of sp³-hybridized carbons (Fsp3) is 0.440. The number of hydrogen-bond donors (Lipinski definition) is 2. The monoisotopic (exact) mass is 467 g/mol. The zero-order chi connectivity index (χ0) is 24.5. The molecular formula is C25H30FN5O3. The zero-order valence-electron chi connectivity index (χ0n) is 19.9. The third-order valence-corrected chi connectivity index (χ3v) is 5.93. The summed E-state index contributed by atoms with van der Waals surface area (Å²) in [6.07, 6.45) is 6.96. The fourth-order valence-corrected chi connectivity index (χ4v) is 4.37. The van der Waals surface area contributed by atoms with Crippen molar-refractivity contribution < 1.29 is 18.7 Å². The normalized spacial score (nSPS) is 18.5. The van der Waals surface area contributed by atoms with Crippen LogP contribution in [0.1, 0.15) is 46.5 Å². The second kappa shape index (κ2) is 9.40. The van der Waals surface area contributed by atoms with Crippen LogP contribution in [0.3, 0.4) is 0 Å². The van der Waals surface area contributed by atoms with Crippen molar-refractivity contribution in [2.75, 3.05) is 5.32 Å². The van der Waals surface area contributed by atoms with Gasteiger partial charge >= 0.3 is 6.09 Å². The van der Waals surface area contributed by atoms with E-state index in [0.29, 0.717) is 24.0 Å². The van der Waals surface area contributed by atoms with Gasteiger partial charge in [-0.3, -0.25) is 4.79 Å². The summed E-state index contributed by atoms with van der Waals surface area (Å²) in [7, 11) is 1.88. The van der Waals surface area contributed by atoms with Crippen molar-refractivity contribution in [1.29, 1.82) is 0 Å². The largest absolute Gasteiger partial charge is 0.444 e. The lowest BCUT2D eigenvalue weighted by Gasteiger charge is -2.30. The highest BCUT2D eigenvalue weighted by atomic mass is 19.1. The number of aryl methyl sites for hydroxylation is 1. The van der Waals surface area contributed by atoms with Crippen molar-refractivity contribution in [1.82, 2.24) is 19.9 Å². The number of carbonyl (C=O) groups excluding carboxylic acids is 2. The summed E-state index contributed by atoms with van der Waals surface area (Å²) in [6, 6.07) is 5.05. The molecule has 1 aliphatic carbocycles. The molecule has 2 amide bonds. The van der Waals surface area contributed by atoms with E-state index in [1.54, 1.807) is 18.3 Å². The van der Waals surface area contributed by atoms with Crippen LogP contribution >= 0.6 is 0 Å². The Kier molecular flexibility index (Phi) is 6.54. The van der Waals surface area contributed by atoms with Crippen molar-refractivity contribution in [3.63, 3.8) is 0 Å². The first-order valence-corrected chi connectivity index (χ1v) is 11.5. The Morgan fingerprint density at radius 3 is 2.74 bits per heavy atom. The van der Waals surface area contributed by atoms with Crippen LogP contribution in [-0.4, -0.2) is 38.2 Å². The standard InChI is InChI=1S/C25H30FN5O3/c1-25(2,3)34-24(33)29-16-7-5-6-15(12-16)23(32)30-21-13-19(20(26)14-28-21)17-8-10-27-22-18(17)9-11-31(22)4/h8-11,13-16H,5-7,12H2,1-4H3,(H,29,33)(H,28,30,32)/t15-,16+/m0/s1. The first-order chi connectivity index (χ1) is 16.1. The molecule has 2 N–H and O–H groups in total. The van der Waals surface area contributed by atoms with Crippen LogP contribution in [0, 0.1) is 11.7 Å². The molecule has 0 saturated heterocycles. The number of pyridine rings is 2. The molecule has 3 aromatic heterocycles. The molecule has 1 saturated carbocycles. The van der Waals surface area contributed by atoms with Crippen molar-refractivity contribution in [2.24, 2.45) is 13.0 Å². The van der Waals surface area contributed by atoms with Gasteiger partial charge in [0, 0.05) is 42.4 Å². The Bertz CT molecular complexity index is 1220. The molecule has 0 spiro atoms. The molecule has 34 heavy (non-hydrogen) atoms. The third kappa shape index (κ3) is 5.35. The molecule has 0 unspecified atom stereocenters. The van der Waals surface area contributed by atoms with Crippen LogP contribution in [0.4, 0.5) is 15.0 Å². The van der Waals surface area contributed by atoms with Crippen molar-refractivity contribution in [2.45, 2.75) is 58.1 Å². The van der Waals surface area contributed by atoms with E-state index in [4.69, 9.17) is 4.74 Å². The summed E-state index contributed by atoms with van der Waals surface area (Å²) < 4.78 is 21.9. The maximum Gasteiger partial charge on any atom is 0.407 e. The number of nitrogens with zero attached hydrogens (tertiary/aromatic N) is 3. The van der Waals surface area contributed by atoms with Crippen LogP contribution in [0.15, 0.2) is 36.8 Å². The predicted octanol–water partition coefficient (Wildman–Crippen LogP) is 4.80. The topological polar surface area (TPSA) is 98.1 Å². The number of anilines is 1. The molecule has 4 rings (SSSR count). The molecule has 0 aliphatic heterocycles. The minimum absolute atomic E-state index is 0.140. The van der Waals surface area contributed by atoms with Crippen LogP contribution in [0.2, 0.25) is 0 Å². The Hall–Kier alpha value is -3.49. The third-order valence-electron chi connectivity index (χ3n) is 5.93. The quantitative estimate of drug-likeness (QED) is 0.575. The zero-order valence-corrected chi connectivity index (χ0v) is 19.9. The van der Waals surface area contributed by atoms with E-state index in [0.717, 1.165) is 30.1 Å². The molecule has 8 nitrogen and oxygen atoms in total. The Morgan fingerprint density at radius 1 is 1.18 bits per heavy atom. The lowest BCUT2D eigenvalue weighted by molar-refractivity contribution is -0.121. The van der Waals surface area contributed by atoms with Crippen molar-refractivity contribution in [3.8, 4) is 11.1 Å². The minimum Gasteiger partial charge on any atom is -0.444 e. The van der Waals surface area contributed by atoms with Crippen LogP contribution in [-0.2, 0) is 16.6 Å². The molecule has 2 atom stereocenters. The summed E-state index contributed by atoms with van der Waals surface area (Å²) in [6.45, 7) is 5.42. The first-order valence-electron chi connectivity index (χ1n) is 11.5. The van der Waals surface area contributed by atoms with Gasteiger partial charge in [-0.1, -0.05) is 6.42 Å². The summed E-state index contributed by atoms with van der Waals surface area (Å²) in [4.78, 5) is 33.5. The van der Waals surface area contributed by atoms with Gasteiger partial charge in [0.1, 0.15) is 22.9 Å². The van der Waals surface area contributed by atoms with Crippen LogP contribution in [0.5, 0.6) is 0 Å². The van der Waals surface area contributed by atoms with E-state index in [-0.39, 0.29) is 23.7 Å². The van der Waals surface area contributed by atoms with Gasteiger partial charge < -0.3 is 19.9 Å². The maximum atomic E-state index is 14.7. The molecular weight excluding hydrogens is 437 g/mol. The maximum absolute atomic E-state index is 14.7. The average molecular weight is 468 g/mol. The van der Waals surface area contributed by atoms with Crippen molar-refractivity contribution in [3.05, 3.63) is 42.6 Å². The van der Waals surface area contributed by atoms with Gasteiger partial charge in [0.05, 0.1) is 6.20 Å². The number of ether oxygens (including phenoxy) is 1. The SMILES string of the molecule is Cn1ccc2c(-c3cc(NC(=O)[C@H]4CCC[C@@H](NC(=O)OC(C)(C)C)C4)ncc3F)ccnc21. The Morgan fingerprint density at radius 2 is 1.97 bits per heavy atom. The molecule has 1 fully saturated rings. The summed E-state index contributed by atoms with van der Waals surface area (Å²) >= 11 is 0. The number of hydrogen-bond acceptors (Lipinski definition) is 5. The van der Waals surface area contributed by atoms with Gasteiger partial charge in [-0.05, 0) is 63.8 Å². The minimum atomic E-state index is -0.582. The van der Waals surface area contributed by atoms with E-state index >= 15 is 0 Å². The number of alkyl carbamates (subject to hydrolysis) is 1. The molecule has 3 heterocycles. The number of fused-ring (bicyclic) bond motifs is 1. The van der Waals surface area contributed by atoms with Gasteiger partial charge in [-0.25, -0.2) is 19.2 Å². The summed E-state index contributed by atoms with van der Waals surface area (Å²) in [5.74, 6) is -0.677. The average Bonchev–Trinajstić information content (AvgIpc) is 3.15. The Balaban J connectivity index is 1.47. The summed E-state index contributed by atoms with van der Waals surface area (Å²) in [5.41, 5.74) is 1.18. The van der Waals surface area contributed by atoms with E-state index in [2.05, 4.69) is 20.6 Å². The number of aromatic nitrogens is 3. The lowest BCUT2D eigenvalue weighted by atomic mass is 9.85.